The third kappa shape index (κ3) is 2.83. The fourth-order valence-electron chi connectivity index (χ4n) is 2.41. The molecule has 0 unspecified atom stereocenters. The molecule has 1 aliphatic carbocycles. The average molecular weight is 210 g/mol. The molecule has 15 heavy (non-hydrogen) atoms. The van der Waals surface area contributed by atoms with Crippen molar-refractivity contribution in [1.82, 2.24) is 0 Å². The molecule has 0 aromatic heterocycles. The molecule has 1 rings (SSSR count). The Kier molecular flexibility index (Phi) is 3.95. The molecular formula is C13H22O2. The van der Waals surface area contributed by atoms with Gasteiger partial charge in [0, 0.05) is 6.92 Å². The number of rotatable bonds is 2. The van der Waals surface area contributed by atoms with E-state index in [1.165, 1.54) is 24.5 Å². The maximum absolute atomic E-state index is 11.2. The molecule has 0 aromatic rings. The zero-order valence-corrected chi connectivity index (χ0v) is 10.4. The molecule has 0 spiro atoms. The Bertz CT molecular complexity index is 266. The van der Waals surface area contributed by atoms with Gasteiger partial charge in [-0.05, 0) is 52.0 Å². The molecule has 0 bridgehead atoms. The molecule has 2 heteroatoms. The Morgan fingerprint density at radius 3 is 1.93 bits per heavy atom. The summed E-state index contributed by atoms with van der Waals surface area (Å²) >= 11 is 0. The number of esters is 1. The second kappa shape index (κ2) is 4.82. The number of carbonyl (C=O) groups excluding carboxylic acids is 1. The maximum atomic E-state index is 11.2. The van der Waals surface area contributed by atoms with Crippen LogP contribution in [0, 0.1) is 0 Å². The van der Waals surface area contributed by atoms with Crippen molar-refractivity contribution in [2.24, 2.45) is 0 Å². The topological polar surface area (TPSA) is 26.3 Å². The lowest BCUT2D eigenvalue weighted by Crippen LogP contribution is -2.38. The summed E-state index contributed by atoms with van der Waals surface area (Å²) in [6, 6.07) is 0. The van der Waals surface area contributed by atoms with E-state index in [1.807, 2.05) is 0 Å². The molecule has 0 radical (unpaired) electrons. The van der Waals surface area contributed by atoms with Crippen LogP contribution in [0.15, 0.2) is 11.1 Å². The van der Waals surface area contributed by atoms with Gasteiger partial charge in [-0.3, -0.25) is 4.79 Å². The summed E-state index contributed by atoms with van der Waals surface area (Å²) in [6.07, 6.45) is 5.57. The Labute approximate surface area is 92.7 Å². The number of carbonyl (C=O) groups is 1. The van der Waals surface area contributed by atoms with Crippen molar-refractivity contribution >= 4 is 5.97 Å². The lowest BCUT2D eigenvalue weighted by Gasteiger charge is -2.38. The fourth-order valence-corrected chi connectivity index (χ4v) is 2.41. The molecule has 1 saturated carbocycles. The van der Waals surface area contributed by atoms with E-state index in [0.29, 0.717) is 0 Å². The first-order valence-corrected chi connectivity index (χ1v) is 5.82. The Morgan fingerprint density at radius 2 is 1.53 bits per heavy atom. The van der Waals surface area contributed by atoms with Crippen molar-refractivity contribution in [3.05, 3.63) is 11.1 Å². The second-order valence-electron chi connectivity index (χ2n) is 4.77. The van der Waals surface area contributed by atoms with Gasteiger partial charge in [0.1, 0.15) is 5.60 Å². The van der Waals surface area contributed by atoms with Crippen LogP contribution in [-0.4, -0.2) is 11.6 Å². The molecule has 1 aliphatic rings. The molecule has 0 N–H and O–H groups in total. The first-order chi connectivity index (χ1) is 6.98. The number of hydrogen-bond acceptors (Lipinski definition) is 2. The van der Waals surface area contributed by atoms with Gasteiger partial charge >= 0.3 is 5.97 Å². The van der Waals surface area contributed by atoms with Gasteiger partial charge in [-0.15, -0.1) is 0 Å². The predicted molar refractivity (Wildman–Crippen MR) is 61.6 cm³/mol. The molecule has 0 atom stereocenters. The highest BCUT2D eigenvalue weighted by Crippen LogP contribution is 2.38. The van der Waals surface area contributed by atoms with Crippen molar-refractivity contribution < 1.29 is 9.53 Å². The van der Waals surface area contributed by atoms with Gasteiger partial charge < -0.3 is 4.74 Å². The van der Waals surface area contributed by atoms with Crippen LogP contribution >= 0.6 is 0 Å². The summed E-state index contributed by atoms with van der Waals surface area (Å²) in [4.78, 5) is 11.2. The third-order valence-corrected chi connectivity index (χ3v) is 3.43. The highest BCUT2D eigenvalue weighted by molar-refractivity contribution is 5.67. The minimum atomic E-state index is -0.289. The number of hydrogen-bond donors (Lipinski definition) is 0. The highest BCUT2D eigenvalue weighted by atomic mass is 16.6. The molecule has 0 saturated heterocycles. The van der Waals surface area contributed by atoms with E-state index in [4.69, 9.17) is 4.74 Å². The standard InChI is InChI=1S/C13H22O2/c1-10(2)11(3)13(15-12(4)14)8-6-5-7-9-13/h5-9H2,1-4H3. The van der Waals surface area contributed by atoms with Gasteiger partial charge in [0.2, 0.25) is 0 Å². The van der Waals surface area contributed by atoms with Gasteiger partial charge in [-0.1, -0.05) is 12.0 Å². The molecule has 0 amide bonds. The van der Waals surface area contributed by atoms with Crippen LogP contribution in [-0.2, 0) is 9.53 Å². The Balaban J connectivity index is 2.94. The summed E-state index contributed by atoms with van der Waals surface area (Å²) in [5.41, 5.74) is 2.23. The summed E-state index contributed by atoms with van der Waals surface area (Å²) in [7, 11) is 0. The van der Waals surface area contributed by atoms with E-state index in [-0.39, 0.29) is 11.6 Å². The van der Waals surface area contributed by atoms with Gasteiger partial charge in [-0.25, -0.2) is 0 Å². The zero-order valence-electron chi connectivity index (χ0n) is 10.4. The SMILES string of the molecule is CC(=O)OC1(C(C)=C(C)C)CCCCC1. The van der Waals surface area contributed by atoms with Crippen LogP contribution in [0.2, 0.25) is 0 Å². The van der Waals surface area contributed by atoms with Gasteiger partial charge in [0.15, 0.2) is 0 Å². The molecule has 0 aromatic carbocycles. The third-order valence-electron chi connectivity index (χ3n) is 3.43. The first kappa shape index (κ1) is 12.3. The van der Waals surface area contributed by atoms with Gasteiger partial charge in [-0.2, -0.15) is 0 Å². The summed E-state index contributed by atoms with van der Waals surface area (Å²) < 4.78 is 5.61. The molecular weight excluding hydrogens is 188 g/mol. The fraction of sp³-hybridized carbons (Fsp3) is 0.769. The summed E-state index contributed by atoms with van der Waals surface area (Å²) in [5.74, 6) is -0.155. The van der Waals surface area contributed by atoms with Crippen molar-refractivity contribution in [2.45, 2.75) is 65.4 Å². The largest absolute Gasteiger partial charge is 0.455 e. The molecule has 86 valence electrons. The van der Waals surface area contributed by atoms with E-state index in [2.05, 4.69) is 20.8 Å². The van der Waals surface area contributed by atoms with Gasteiger partial charge in [0.05, 0.1) is 0 Å². The zero-order chi connectivity index (χ0) is 11.5. The lowest BCUT2D eigenvalue weighted by molar-refractivity contribution is -0.156. The van der Waals surface area contributed by atoms with Crippen LogP contribution < -0.4 is 0 Å². The maximum Gasteiger partial charge on any atom is 0.303 e. The number of ether oxygens (including phenoxy) is 1. The lowest BCUT2D eigenvalue weighted by atomic mass is 9.78. The van der Waals surface area contributed by atoms with E-state index in [0.717, 1.165) is 25.7 Å². The minimum Gasteiger partial charge on any atom is -0.455 e. The van der Waals surface area contributed by atoms with Crippen molar-refractivity contribution in [2.75, 3.05) is 0 Å². The van der Waals surface area contributed by atoms with Crippen molar-refractivity contribution in [3.63, 3.8) is 0 Å². The monoisotopic (exact) mass is 210 g/mol. The van der Waals surface area contributed by atoms with Crippen LogP contribution in [0.4, 0.5) is 0 Å². The van der Waals surface area contributed by atoms with E-state index < -0.39 is 0 Å². The van der Waals surface area contributed by atoms with Gasteiger partial charge in [0.25, 0.3) is 0 Å². The molecule has 2 nitrogen and oxygen atoms in total. The molecule has 0 aliphatic heterocycles. The van der Waals surface area contributed by atoms with Crippen LogP contribution in [0.1, 0.15) is 59.8 Å². The normalized spacial score (nSPS) is 19.5. The summed E-state index contributed by atoms with van der Waals surface area (Å²) in [5, 5.41) is 0. The van der Waals surface area contributed by atoms with E-state index in [9.17, 15) is 4.79 Å². The predicted octanol–water partition coefficient (Wildman–Crippen LogP) is 3.61. The smallest absolute Gasteiger partial charge is 0.303 e. The van der Waals surface area contributed by atoms with Crippen molar-refractivity contribution in [1.29, 1.82) is 0 Å². The van der Waals surface area contributed by atoms with E-state index >= 15 is 0 Å². The number of allylic oxidation sites excluding steroid dienone is 1. The molecule has 1 fully saturated rings. The second-order valence-corrected chi connectivity index (χ2v) is 4.77. The first-order valence-electron chi connectivity index (χ1n) is 5.82. The summed E-state index contributed by atoms with van der Waals surface area (Å²) in [6.45, 7) is 7.79. The highest BCUT2D eigenvalue weighted by Gasteiger charge is 2.37. The quantitative estimate of drug-likeness (QED) is 0.514. The van der Waals surface area contributed by atoms with Crippen LogP contribution in [0.25, 0.3) is 0 Å². The minimum absolute atomic E-state index is 0.155. The Hall–Kier alpha value is -0.790. The van der Waals surface area contributed by atoms with Crippen molar-refractivity contribution in [3.8, 4) is 0 Å². The van der Waals surface area contributed by atoms with E-state index in [1.54, 1.807) is 0 Å². The Morgan fingerprint density at radius 1 is 1.00 bits per heavy atom. The van der Waals surface area contributed by atoms with Crippen LogP contribution in [0.5, 0.6) is 0 Å². The van der Waals surface area contributed by atoms with Crippen LogP contribution in [0.3, 0.4) is 0 Å². The molecule has 0 heterocycles. The average Bonchev–Trinajstić information content (AvgIpc) is 2.16.